The van der Waals surface area contributed by atoms with Gasteiger partial charge < -0.3 is 14.6 Å². The minimum atomic E-state index is -0.492. The Morgan fingerprint density at radius 2 is 2.13 bits per heavy atom. The number of aromatic nitrogens is 3. The zero-order valence-electron chi connectivity index (χ0n) is 15.9. The van der Waals surface area contributed by atoms with E-state index in [4.69, 9.17) is 4.52 Å². The fourth-order valence-corrected chi connectivity index (χ4v) is 4.04. The number of fused-ring (bicyclic) bond motifs is 1. The molecule has 152 valence electrons. The highest BCUT2D eigenvalue weighted by molar-refractivity contribution is 5.83. The number of β-amino-alcohol motifs (C(OH)–C–C–N with tert-alkyl or cyclic N) is 1. The Hall–Kier alpha value is -3.56. The van der Waals surface area contributed by atoms with Gasteiger partial charge in [0.15, 0.2) is 0 Å². The van der Waals surface area contributed by atoms with Crippen LogP contribution in [0.4, 0.5) is 5.69 Å². The van der Waals surface area contributed by atoms with Crippen LogP contribution in [0.15, 0.2) is 59.3 Å². The van der Waals surface area contributed by atoms with E-state index in [0.29, 0.717) is 36.8 Å². The Morgan fingerprint density at radius 3 is 3.00 bits per heavy atom. The number of nitro groups is 1. The molecule has 9 heteroatoms. The van der Waals surface area contributed by atoms with Gasteiger partial charge in [-0.3, -0.25) is 15.0 Å². The maximum absolute atomic E-state index is 11.0. The Morgan fingerprint density at radius 1 is 1.27 bits per heavy atom. The number of rotatable bonds is 5. The zero-order valence-corrected chi connectivity index (χ0v) is 15.9. The number of aromatic amines is 1. The van der Waals surface area contributed by atoms with Crippen LogP contribution in [-0.2, 0) is 6.54 Å². The van der Waals surface area contributed by atoms with Gasteiger partial charge in [-0.1, -0.05) is 35.5 Å². The van der Waals surface area contributed by atoms with E-state index in [2.05, 4.69) is 26.1 Å². The predicted molar refractivity (Wildman–Crippen MR) is 108 cm³/mol. The van der Waals surface area contributed by atoms with Crippen molar-refractivity contribution in [2.24, 2.45) is 0 Å². The highest BCUT2D eigenvalue weighted by Crippen LogP contribution is 2.34. The van der Waals surface area contributed by atoms with Crippen LogP contribution in [0.2, 0.25) is 0 Å². The number of benzene rings is 2. The Bertz CT molecular complexity index is 1220. The van der Waals surface area contributed by atoms with Gasteiger partial charge in [-0.2, -0.15) is 4.98 Å². The molecule has 1 aliphatic heterocycles. The van der Waals surface area contributed by atoms with E-state index in [-0.39, 0.29) is 11.7 Å². The van der Waals surface area contributed by atoms with Gasteiger partial charge in [0.2, 0.25) is 11.7 Å². The van der Waals surface area contributed by atoms with Gasteiger partial charge in [0.05, 0.1) is 17.1 Å². The van der Waals surface area contributed by atoms with Gasteiger partial charge in [-0.25, -0.2) is 0 Å². The van der Waals surface area contributed by atoms with Crippen molar-refractivity contribution in [3.05, 3.63) is 76.3 Å². The molecule has 3 heterocycles. The van der Waals surface area contributed by atoms with Crippen LogP contribution < -0.4 is 0 Å². The van der Waals surface area contributed by atoms with Gasteiger partial charge in [-0.15, -0.1) is 0 Å². The molecule has 0 spiro atoms. The molecule has 2 atom stereocenters. The lowest BCUT2D eigenvalue weighted by Gasteiger charge is -2.20. The van der Waals surface area contributed by atoms with Gasteiger partial charge in [-0.05, 0) is 18.1 Å². The standard InChI is InChI=1S/C21H19N5O4/c27-16-9-19(25(12-16)11-14-10-22-18-7-2-1-6-17(14)18)21-23-20(24-30-21)13-4-3-5-15(8-13)26(28)29/h1-8,10,16,19,22,27H,9,11-12H2/t16-,19+/m1/s1. The number of hydrogen-bond acceptors (Lipinski definition) is 7. The molecule has 1 saturated heterocycles. The van der Waals surface area contributed by atoms with Gasteiger partial charge in [0, 0.05) is 47.9 Å². The van der Waals surface area contributed by atoms with E-state index < -0.39 is 11.0 Å². The molecule has 0 unspecified atom stereocenters. The van der Waals surface area contributed by atoms with E-state index in [1.807, 2.05) is 24.4 Å². The van der Waals surface area contributed by atoms with Crippen molar-refractivity contribution in [1.82, 2.24) is 20.0 Å². The van der Waals surface area contributed by atoms with Crippen molar-refractivity contribution in [2.45, 2.75) is 25.1 Å². The summed E-state index contributed by atoms with van der Waals surface area (Å²) in [6.07, 6.45) is 1.97. The number of nitrogens with zero attached hydrogens (tertiary/aromatic N) is 4. The number of nitro benzene ring substituents is 1. The summed E-state index contributed by atoms with van der Waals surface area (Å²) in [5, 5.41) is 26.5. The van der Waals surface area contributed by atoms with Gasteiger partial charge >= 0.3 is 0 Å². The fourth-order valence-electron chi connectivity index (χ4n) is 4.04. The quantitative estimate of drug-likeness (QED) is 0.385. The first-order chi connectivity index (χ1) is 14.6. The lowest BCUT2D eigenvalue weighted by atomic mass is 10.1. The topological polar surface area (TPSA) is 121 Å². The van der Waals surface area contributed by atoms with Crippen molar-refractivity contribution in [3.63, 3.8) is 0 Å². The molecule has 2 aromatic heterocycles. The van der Waals surface area contributed by atoms with E-state index in [9.17, 15) is 15.2 Å². The average Bonchev–Trinajstić information content (AvgIpc) is 3.47. The number of nitrogens with one attached hydrogen (secondary N) is 1. The summed E-state index contributed by atoms with van der Waals surface area (Å²) in [6, 6.07) is 14.0. The molecule has 1 fully saturated rings. The Kier molecular flexibility index (Phi) is 4.53. The lowest BCUT2D eigenvalue weighted by Crippen LogP contribution is -2.24. The van der Waals surface area contributed by atoms with Crippen molar-refractivity contribution >= 4 is 16.6 Å². The third-order valence-corrected chi connectivity index (χ3v) is 5.47. The van der Waals surface area contributed by atoms with Crippen LogP contribution >= 0.6 is 0 Å². The maximum atomic E-state index is 11.0. The number of aliphatic hydroxyl groups is 1. The first-order valence-corrected chi connectivity index (χ1v) is 9.64. The summed E-state index contributed by atoms with van der Waals surface area (Å²) in [5.41, 5.74) is 2.68. The summed E-state index contributed by atoms with van der Waals surface area (Å²) >= 11 is 0. The zero-order chi connectivity index (χ0) is 20.7. The number of hydrogen-bond donors (Lipinski definition) is 2. The molecule has 1 aliphatic rings. The lowest BCUT2D eigenvalue weighted by molar-refractivity contribution is -0.384. The second-order valence-corrected chi connectivity index (χ2v) is 7.46. The third-order valence-electron chi connectivity index (χ3n) is 5.47. The van der Waals surface area contributed by atoms with Crippen LogP contribution in [0, 0.1) is 10.1 Å². The Labute approximate surface area is 171 Å². The molecule has 0 radical (unpaired) electrons. The number of H-pyrrole nitrogens is 1. The summed E-state index contributed by atoms with van der Waals surface area (Å²) in [5.74, 6) is 0.690. The summed E-state index contributed by atoms with van der Waals surface area (Å²) in [6.45, 7) is 1.12. The van der Waals surface area contributed by atoms with E-state index >= 15 is 0 Å². The van der Waals surface area contributed by atoms with Crippen molar-refractivity contribution < 1.29 is 14.6 Å². The SMILES string of the molecule is O=[N+]([O-])c1cccc(-c2noc([C@@H]3C[C@@H](O)CN3Cc3c[nH]c4ccccc34)n2)c1. The molecule has 0 aliphatic carbocycles. The molecule has 30 heavy (non-hydrogen) atoms. The first-order valence-electron chi connectivity index (χ1n) is 9.64. The number of aliphatic hydroxyl groups excluding tert-OH is 1. The molecule has 0 amide bonds. The first kappa shape index (κ1) is 18.5. The van der Waals surface area contributed by atoms with E-state index in [1.165, 1.54) is 12.1 Å². The number of para-hydroxylation sites is 1. The van der Waals surface area contributed by atoms with Crippen LogP contribution in [0.25, 0.3) is 22.3 Å². The molecule has 4 aromatic rings. The van der Waals surface area contributed by atoms with E-state index in [1.54, 1.807) is 12.1 Å². The normalized spacial score (nSPS) is 19.5. The molecule has 0 saturated carbocycles. The summed E-state index contributed by atoms with van der Waals surface area (Å²) in [7, 11) is 0. The van der Waals surface area contributed by atoms with Crippen LogP contribution in [0.5, 0.6) is 0 Å². The number of likely N-dealkylation sites (tertiary alicyclic amines) is 1. The minimum Gasteiger partial charge on any atom is -0.392 e. The predicted octanol–water partition coefficient (Wildman–Crippen LogP) is 3.43. The summed E-state index contributed by atoms with van der Waals surface area (Å²) < 4.78 is 5.50. The molecule has 9 nitrogen and oxygen atoms in total. The third kappa shape index (κ3) is 3.34. The monoisotopic (exact) mass is 405 g/mol. The second-order valence-electron chi connectivity index (χ2n) is 7.46. The van der Waals surface area contributed by atoms with Gasteiger partial charge in [0.25, 0.3) is 5.69 Å². The average molecular weight is 405 g/mol. The molecule has 5 rings (SSSR count). The fraction of sp³-hybridized carbons (Fsp3) is 0.238. The van der Waals surface area contributed by atoms with Crippen molar-refractivity contribution in [3.8, 4) is 11.4 Å². The molecular weight excluding hydrogens is 386 g/mol. The molecule has 2 aromatic carbocycles. The molecule has 2 N–H and O–H groups in total. The van der Waals surface area contributed by atoms with Crippen molar-refractivity contribution in [2.75, 3.05) is 6.54 Å². The largest absolute Gasteiger partial charge is 0.392 e. The van der Waals surface area contributed by atoms with E-state index in [0.717, 1.165) is 16.5 Å². The Balaban J connectivity index is 1.42. The second kappa shape index (κ2) is 7.36. The molecule has 0 bridgehead atoms. The smallest absolute Gasteiger partial charge is 0.270 e. The maximum Gasteiger partial charge on any atom is 0.270 e. The molecular formula is C21H19N5O4. The minimum absolute atomic E-state index is 0.0314. The number of non-ortho nitro benzene ring substituents is 1. The van der Waals surface area contributed by atoms with Crippen LogP contribution in [0.3, 0.4) is 0 Å². The van der Waals surface area contributed by atoms with Crippen LogP contribution in [-0.4, -0.2) is 42.7 Å². The van der Waals surface area contributed by atoms with Crippen molar-refractivity contribution in [1.29, 1.82) is 0 Å². The highest BCUT2D eigenvalue weighted by Gasteiger charge is 2.36. The van der Waals surface area contributed by atoms with Crippen LogP contribution in [0.1, 0.15) is 23.9 Å². The van der Waals surface area contributed by atoms with Gasteiger partial charge in [0.1, 0.15) is 0 Å². The summed E-state index contributed by atoms with van der Waals surface area (Å²) in [4.78, 5) is 20.4. The highest BCUT2D eigenvalue weighted by atomic mass is 16.6.